The molecule has 2 aliphatic heterocycles. The fourth-order valence-corrected chi connectivity index (χ4v) is 3.79. The Morgan fingerprint density at radius 2 is 2.05 bits per heavy atom. The van der Waals surface area contributed by atoms with E-state index in [2.05, 4.69) is 12.2 Å². The van der Waals surface area contributed by atoms with Crippen LogP contribution in [0, 0.1) is 23.5 Å². The Bertz CT molecular complexity index is 529. The van der Waals surface area contributed by atoms with Crippen LogP contribution >= 0.6 is 0 Å². The number of fused-ring (bicyclic) bond motifs is 1. The minimum Gasteiger partial charge on any atom is -0.339 e. The second-order valence-electron chi connectivity index (χ2n) is 5.98. The summed E-state index contributed by atoms with van der Waals surface area (Å²) in [5.41, 5.74) is -0.118. The van der Waals surface area contributed by atoms with Gasteiger partial charge in [0.1, 0.15) is 11.6 Å². The first-order valence-electron chi connectivity index (χ1n) is 7.55. The summed E-state index contributed by atoms with van der Waals surface area (Å²) in [5, 5.41) is 3.36. The highest BCUT2D eigenvalue weighted by Gasteiger charge is 2.44. The lowest BCUT2D eigenvalue weighted by Crippen LogP contribution is -2.40. The van der Waals surface area contributed by atoms with Gasteiger partial charge in [0.25, 0.3) is 0 Å². The second-order valence-corrected chi connectivity index (χ2v) is 5.98. The van der Waals surface area contributed by atoms with Gasteiger partial charge in [0, 0.05) is 31.2 Å². The summed E-state index contributed by atoms with van der Waals surface area (Å²) in [5.74, 6) is -0.496. The summed E-state index contributed by atoms with van der Waals surface area (Å²) in [6.07, 6.45) is 0.691. The van der Waals surface area contributed by atoms with Crippen molar-refractivity contribution in [1.82, 2.24) is 10.2 Å². The van der Waals surface area contributed by atoms with Crippen molar-refractivity contribution in [3.8, 4) is 0 Å². The van der Waals surface area contributed by atoms with Gasteiger partial charge in [-0.2, -0.15) is 0 Å². The lowest BCUT2D eigenvalue weighted by molar-refractivity contribution is -0.131. The minimum absolute atomic E-state index is 0.118. The average Bonchev–Trinajstić information content (AvgIpc) is 3.02. The zero-order chi connectivity index (χ0) is 15.0. The Morgan fingerprint density at radius 3 is 2.71 bits per heavy atom. The van der Waals surface area contributed by atoms with Gasteiger partial charge in [-0.1, -0.05) is 13.0 Å². The third kappa shape index (κ3) is 2.55. The molecule has 2 aliphatic rings. The fourth-order valence-electron chi connectivity index (χ4n) is 3.79. The molecule has 0 spiro atoms. The molecule has 1 amide bonds. The molecule has 3 atom stereocenters. The first-order valence-corrected chi connectivity index (χ1v) is 7.55. The van der Waals surface area contributed by atoms with E-state index in [-0.39, 0.29) is 23.9 Å². The third-order valence-electron chi connectivity index (χ3n) is 4.85. The number of amides is 1. The van der Waals surface area contributed by atoms with E-state index in [9.17, 15) is 13.6 Å². The standard InChI is InChI=1S/C16H20F2N2O/c1-2-15-12-8-19-7-10(12)9-20(15)16(21)6-11-13(17)4-3-5-14(11)18/h3-5,10,12,15,19H,2,6-9H2,1H3. The number of nitrogens with one attached hydrogen (secondary N) is 1. The number of benzene rings is 1. The topological polar surface area (TPSA) is 32.3 Å². The lowest BCUT2D eigenvalue weighted by atomic mass is 9.93. The predicted molar refractivity (Wildman–Crippen MR) is 75.7 cm³/mol. The number of nitrogens with zero attached hydrogens (tertiary/aromatic N) is 1. The van der Waals surface area contributed by atoms with Gasteiger partial charge < -0.3 is 10.2 Å². The Labute approximate surface area is 123 Å². The van der Waals surface area contributed by atoms with Crippen LogP contribution in [-0.4, -0.2) is 36.5 Å². The zero-order valence-corrected chi connectivity index (χ0v) is 12.1. The molecule has 2 fully saturated rings. The first-order chi connectivity index (χ1) is 10.1. The maximum Gasteiger partial charge on any atom is 0.227 e. The van der Waals surface area contributed by atoms with Crippen LogP contribution in [0.1, 0.15) is 18.9 Å². The van der Waals surface area contributed by atoms with Crippen molar-refractivity contribution in [1.29, 1.82) is 0 Å². The van der Waals surface area contributed by atoms with Gasteiger partial charge in [0.2, 0.25) is 5.91 Å². The minimum atomic E-state index is -0.641. The molecular formula is C16H20F2N2O. The normalized spacial score (nSPS) is 28.0. The molecule has 2 saturated heterocycles. The number of carbonyl (C=O) groups is 1. The summed E-state index contributed by atoms with van der Waals surface area (Å²) in [6, 6.07) is 3.91. The molecule has 3 unspecified atom stereocenters. The van der Waals surface area contributed by atoms with Crippen LogP contribution in [0.4, 0.5) is 8.78 Å². The molecule has 3 nitrogen and oxygen atoms in total. The molecule has 1 aromatic rings. The van der Waals surface area contributed by atoms with Crippen LogP contribution in [-0.2, 0) is 11.2 Å². The Balaban J connectivity index is 1.76. The summed E-state index contributed by atoms with van der Waals surface area (Å²) in [7, 11) is 0. The molecule has 1 aromatic carbocycles. The highest BCUT2D eigenvalue weighted by Crippen LogP contribution is 2.34. The van der Waals surface area contributed by atoms with E-state index in [1.165, 1.54) is 18.2 Å². The van der Waals surface area contributed by atoms with E-state index >= 15 is 0 Å². The molecule has 114 valence electrons. The number of likely N-dealkylation sites (tertiary alicyclic amines) is 1. The molecule has 0 radical (unpaired) electrons. The molecule has 1 N–H and O–H groups in total. The van der Waals surface area contributed by atoms with Gasteiger partial charge in [0.05, 0.1) is 6.42 Å². The molecule has 21 heavy (non-hydrogen) atoms. The number of hydrogen-bond acceptors (Lipinski definition) is 2. The van der Waals surface area contributed by atoms with E-state index in [1.807, 2.05) is 4.90 Å². The molecule has 0 aromatic heterocycles. The zero-order valence-electron chi connectivity index (χ0n) is 12.1. The third-order valence-corrected chi connectivity index (χ3v) is 4.85. The molecule has 0 aliphatic carbocycles. The number of halogens is 2. The summed E-state index contributed by atoms with van der Waals surface area (Å²) in [6.45, 7) is 4.63. The highest BCUT2D eigenvalue weighted by molar-refractivity contribution is 5.79. The number of carbonyl (C=O) groups excluding carboxylic acids is 1. The largest absolute Gasteiger partial charge is 0.339 e. The van der Waals surface area contributed by atoms with E-state index in [1.54, 1.807) is 0 Å². The van der Waals surface area contributed by atoms with Crippen molar-refractivity contribution in [3.05, 3.63) is 35.4 Å². The van der Waals surface area contributed by atoms with Gasteiger partial charge in [-0.3, -0.25) is 4.79 Å². The molecular weight excluding hydrogens is 274 g/mol. The first kappa shape index (κ1) is 14.4. The molecule has 2 heterocycles. The van der Waals surface area contributed by atoms with Crippen molar-refractivity contribution in [2.24, 2.45) is 11.8 Å². The van der Waals surface area contributed by atoms with Crippen molar-refractivity contribution in [3.63, 3.8) is 0 Å². The maximum absolute atomic E-state index is 13.7. The van der Waals surface area contributed by atoms with E-state index < -0.39 is 11.6 Å². The second kappa shape index (κ2) is 5.72. The van der Waals surface area contributed by atoms with E-state index in [4.69, 9.17) is 0 Å². The quantitative estimate of drug-likeness (QED) is 0.924. The van der Waals surface area contributed by atoms with Crippen LogP contribution in [0.5, 0.6) is 0 Å². The molecule has 5 heteroatoms. The van der Waals surface area contributed by atoms with Crippen LogP contribution in [0.3, 0.4) is 0 Å². The number of hydrogen-bond donors (Lipinski definition) is 1. The number of rotatable bonds is 3. The Morgan fingerprint density at radius 1 is 1.33 bits per heavy atom. The van der Waals surface area contributed by atoms with Crippen LogP contribution < -0.4 is 5.32 Å². The molecule has 0 bridgehead atoms. The molecule has 0 saturated carbocycles. The van der Waals surface area contributed by atoms with Crippen molar-refractivity contribution in [2.45, 2.75) is 25.8 Å². The Hall–Kier alpha value is -1.49. The predicted octanol–water partition coefficient (Wildman–Crippen LogP) is 1.96. The van der Waals surface area contributed by atoms with Gasteiger partial charge >= 0.3 is 0 Å². The van der Waals surface area contributed by atoms with Gasteiger partial charge in [0.15, 0.2) is 0 Å². The monoisotopic (exact) mass is 294 g/mol. The Kier molecular flexibility index (Phi) is 3.93. The summed E-state index contributed by atoms with van der Waals surface area (Å²) < 4.78 is 27.4. The van der Waals surface area contributed by atoms with Crippen molar-refractivity contribution < 1.29 is 13.6 Å². The average molecular weight is 294 g/mol. The lowest BCUT2D eigenvalue weighted by Gasteiger charge is -2.27. The van der Waals surface area contributed by atoms with Crippen molar-refractivity contribution in [2.75, 3.05) is 19.6 Å². The van der Waals surface area contributed by atoms with E-state index in [0.717, 1.165) is 19.5 Å². The molecule has 3 rings (SSSR count). The van der Waals surface area contributed by atoms with Crippen molar-refractivity contribution >= 4 is 5.91 Å². The van der Waals surface area contributed by atoms with Crippen LogP contribution in [0.2, 0.25) is 0 Å². The van der Waals surface area contributed by atoms with E-state index in [0.29, 0.717) is 18.4 Å². The SMILES string of the molecule is CCC1C2CNCC2CN1C(=O)Cc1c(F)cccc1F. The van der Waals surface area contributed by atoms with Gasteiger partial charge in [-0.25, -0.2) is 8.78 Å². The van der Waals surface area contributed by atoms with Crippen LogP contribution in [0.25, 0.3) is 0 Å². The van der Waals surface area contributed by atoms with Gasteiger partial charge in [-0.05, 0) is 30.4 Å². The maximum atomic E-state index is 13.7. The smallest absolute Gasteiger partial charge is 0.227 e. The van der Waals surface area contributed by atoms with Crippen LogP contribution in [0.15, 0.2) is 18.2 Å². The summed E-state index contributed by atoms with van der Waals surface area (Å²) in [4.78, 5) is 14.3. The summed E-state index contributed by atoms with van der Waals surface area (Å²) >= 11 is 0. The van der Waals surface area contributed by atoms with Gasteiger partial charge in [-0.15, -0.1) is 0 Å². The fraction of sp³-hybridized carbons (Fsp3) is 0.562. The highest BCUT2D eigenvalue weighted by atomic mass is 19.1.